The van der Waals surface area contributed by atoms with Crippen LogP contribution in [0.15, 0.2) is 29.0 Å². The van der Waals surface area contributed by atoms with Gasteiger partial charge in [0.25, 0.3) is 0 Å². The van der Waals surface area contributed by atoms with Crippen LogP contribution in [0.25, 0.3) is 0 Å². The van der Waals surface area contributed by atoms with Crippen molar-refractivity contribution >= 4 is 34.7 Å². The molecule has 2 amide bonds. The minimum absolute atomic E-state index is 0.104. The molecule has 2 aliphatic rings. The number of carbonyl (C=O) groups excluding carboxylic acids is 2. The highest BCUT2D eigenvalue weighted by Gasteiger charge is 2.35. The Labute approximate surface area is 142 Å². The van der Waals surface area contributed by atoms with Crippen LogP contribution >= 0.6 is 22.7 Å². The number of imide groups is 1. The van der Waals surface area contributed by atoms with E-state index in [0.717, 1.165) is 13.0 Å². The fourth-order valence-corrected chi connectivity index (χ4v) is 4.98. The number of carbonyl (C=O) groups is 2. The van der Waals surface area contributed by atoms with Crippen LogP contribution in [0.5, 0.6) is 0 Å². The van der Waals surface area contributed by atoms with Gasteiger partial charge in [-0.15, -0.1) is 22.7 Å². The minimum atomic E-state index is -0.518. The standard InChI is InChI=1S/C16H16N2O3S2/c19-14(18-6-7-21-16(18)20)10-17-5-3-12-11(4-9-23-12)15(17)13-2-1-8-22-13/h1-2,4,8-9,15H,3,5-7,10H2. The summed E-state index contributed by atoms with van der Waals surface area (Å²) in [5, 5.41) is 4.18. The SMILES string of the molecule is O=C(CN1CCc2sccc2C1c1cccs1)N1CCOC1=O. The molecule has 4 heterocycles. The Balaban J connectivity index is 1.60. The van der Waals surface area contributed by atoms with E-state index < -0.39 is 6.09 Å². The van der Waals surface area contributed by atoms with E-state index in [1.807, 2.05) is 6.07 Å². The van der Waals surface area contributed by atoms with E-state index in [0.29, 0.717) is 13.2 Å². The molecular formula is C16H16N2O3S2. The largest absolute Gasteiger partial charge is 0.447 e. The third kappa shape index (κ3) is 2.69. The summed E-state index contributed by atoms with van der Waals surface area (Å²) < 4.78 is 4.87. The van der Waals surface area contributed by atoms with Crippen molar-refractivity contribution in [3.8, 4) is 0 Å². The third-order valence-electron chi connectivity index (χ3n) is 4.28. The van der Waals surface area contributed by atoms with Crippen LogP contribution in [0.1, 0.15) is 21.4 Å². The summed E-state index contributed by atoms with van der Waals surface area (Å²) >= 11 is 3.49. The molecule has 23 heavy (non-hydrogen) atoms. The molecule has 1 unspecified atom stereocenters. The lowest BCUT2D eigenvalue weighted by Crippen LogP contribution is -2.44. The van der Waals surface area contributed by atoms with Crippen LogP contribution in [0.2, 0.25) is 0 Å². The van der Waals surface area contributed by atoms with Gasteiger partial charge in [0.2, 0.25) is 5.91 Å². The first-order valence-corrected chi connectivity index (χ1v) is 9.31. The average molecular weight is 348 g/mol. The van der Waals surface area contributed by atoms with Gasteiger partial charge in [-0.05, 0) is 34.9 Å². The third-order valence-corrected chi connectivity index (χ3v) is 6.20. The molecule has 1 saturated heterocycles. The molecule has 0 aliphatic carbocycles. The first kappa shape index (κ1) is 14.9. The van der Waals surface area contributed by atoms with Gasteiger partial charge < -0.3 is 4.74 Å². The Morgan fingerprint density at radius 1 is 1.26 bits per heavy atom. The van der Waals surface area contributed by atoms with Gasteiger partial charge in [-0.1, -0.05) is 6.07 Å². The van der Waals surface area contributed by atoms with Crippen LogP contribution < -0.4 is 0 Å². The lowest BCUT2D eigenvalue weighted by molar-refractivity contribution is -0.129. The molecule has 0 N–H and O–H groups in total. The molecule has 5 nitrogen and oxygen atoms in total. The highest BCUT2D eigenvalue weighted by molar-refractivity contribution is 7.10. The summed E-state index contributed by atoms with van der Waals surface area (Å²) in [5.74, 6) is -0.173. The van der Waals surface area contributed by atoms with Crippen molar-refractivity contribution < 1.29 is 14.3 Å². The summed E-state index contributed by atoms with van der Waals surface area (Å²) in [7, 11) is 0. The molecule has 0 aromatic carbocycles. The highest BCUT2D eigenvalue weighted by atomic mass is 32.1. The normalized spacial score (nSPS) is 21.3. The molecule has 4 rings (SSSR count). The van der Waals surface area contributed by atoms with Crippen LogP contribution in [-0.4, -0.2) is 48.0 Å². The zero-order valence-corrected chi connectivity index (χ0v) is 14.1. The van der Waals surface area contributed by atoms with E-state index in [-0.39, 0.29) is 18.5 Å². The van der Waals surface area contributed by atoms with Crippen LogP contribution in [0.3, 0.4) is 0 Å². The van der Waals surface area contributed by atoms with Gasteiger partial charge in [0.05, 0.1) is 19.1 Å². The summed E-state index contributed by atoms with van der Waals surface area (Å²) in [5.41, 5.74) is 1.29. The quantitative estimate of drug-likeness (QED) is 0.856. The lowest BCUT2D eigenvalue weighted by atomic mass is 9.98. The smallest absolute Gasteiger partial charge is 0.416 e. The van der Waals surface area contributed by atoms with Crippen molar-refractivity contribution in [2.24, 2.45) is 0 Å². The van der Waals surface area contributed by atoms with Gasteiger partial charge in [-0.25, -0.2) is 9.69 Å². The number of cyclic esters (lactones) is 1. The second-order valence-electron chi connectivity index (χ2n) is 5.60. The van der Waals surface area contributed by atoms with E-state index >= 15 is 0 Å². The number of ether oxygens (including phenoxy) is 1. The first-order valence-electron chi connectivity index (χ1n) is 7.55. The van der Waals surface area contributed by atoms with Gasteiger partial charge in [0, 0.05) is 16.3 Å². The Hall–Kier alpha value is -1.70. The second kappa shape index (κ2) is 6.07. The van der Waals surface area contributed by atoms with Gasteiger partial charge in [-0.2, -0.15) is 0 Å². The summed E-state index contributed by atoms with van der Waals surface area (Å²) in [4.78, 5) is 30.1. The number of thiophene rings is 2. The molecule has 2 aromatic rings. The van der Waals surface area contributed by atoms with Gasteiger partial charge in [0.15, 0.2) is 0 Å². The van der Waals surface area contributed by atoms with Crippen LogP contribution in [0.4, 0.5) is 4.79 Å². The number of nitrogens with zero attached hydrogens (tertiary/aromatic N) is 2. The molecule has 0 bridgehead atoms. The lowest BCUT2D eigenvalue weighted by Gasteiger charge is -2.35. The van der Waals surface area contributed by atoms with E-state index in [9.17, 15) is 9.59 Å². The molecule has 1 fully saturated rings. The number of hydrogen-bond acceptors (Lipinski definition) is 6. The molecule has 7 heteroatoms. The Bertz CT molecular complexity index is 726. The van der Waals surface area contributed by atoms with Gasteiger partial charge in [-0.3, -0.25) is 9.69 Å². The van der Waals surface area contributed by atoms with Gasteiger partial charge >= 0.3 is 6.09 Å². The molecule has 0 saturated carbocycles. The molecule has 2 aromatic heterocycles. The second-order valence-corrected chi connectivity index (χ2v) is 7.58. The van der Waals surface area contributed by atoms with Crippen molar-refractivity contribution in [1.29, 1.82) is 0 Å². The monoisotopic (exact) mass is 348 g/mol. The topological polar surface area (TPSA) is 49.9 Å². The van der Waals surface area contributed by atoms with Crippen LogP contribution in [-0.2, 0) is 16.0 Å². The maximum atomic E-state index is 12.5. The molecular weight excluding hydrogens is 332 g/mol. The molecule has 2 aliphatic heterocycles. The number of fused-ring (bicyclic) bond motifs is 1. The van der Waals surface area contributed by atoms with Crippen molar-refractivity contribution in [2.75, 3.05) is 26.2 Å². The maximum absolute atomic E-state index is 12.5. The van der Waals surface area contributed by atoms with E-state index in [1.54, 1.807) is 22.7 Å². The van der Waals surface area contributed by atoms with Crippen molar-refractivity contribution in [1.82, 2.24) is 9.80 Å². The summed E-state index contributed by atoms with van der Waals surface area (Å²) in [6.45, 7) is 1.73. The van der Waals surface area contributed by atoms with Crippen molar-refractivity contribution in [3.05, 3.63) is 44.3 Å². The number of amides is 2. The van der Waals surface area contributed by atoms with E-state index in [2.05, 4.69) is 27.8 Å². The molecule has 0 radical (unpaired) electrons. The fraction of sp³-hybridized carbons (Fsp3) is 0.375. The molecule has 120 valence electrons. The van der Waals surface area contributed by atoms with Gasteiger partial charge in [0.1, 0.15) is 6.61 Å². The number of rotatable bonds is 3. The van der Waals surface area contributed by atoms with Crippen molar-refractivity contribution in [3.63, 3.8) is 0 Å². The molecule has 1 atom stereocenters. The van der Waals surface area contributed by atoms with E-state index in [4.69, 9.17) is 4.74 Å². The zero-order valence-electron chi connectivity index (χ0n) is 12.4. The Morgan fingerprint density at radius 2 is 2.17 bits per heavy atom. The van der Waals surface area contributed by atoms with E-state index in [1.165, 1.54) is 20.2 Å². The number of hydrogen-bond donors (Lipinski definition) is 0. The highest BCUT2D eigenvalue weighted by Crippen LogP contribution is 2.39. The Kier molecular flexibility index (Phi) is 3.92. The maximum Gasteiger partial charge on any atom is 0.416 e. The average Bonchev–Trinajstić information content (AvgIpc) is 3.27. The molecule has 0 spiro atoms. The summed E-state index contributed by atoms with van der Waals surface area (Å²) in [6.07, 6.45) is 0.433. The van der Waals surface area contributed by atoms with Crippen molar-refractivity contribution in [2.45, 2.75) is 12.5 Å². The predicted octanol–water partition coefficient (Wildman–Crippen LogP) is 2.74. The first-order chi connectivity index (χ1) is 11.2. The van der Waals surface area contributed by atoms with Crippen LogP contribution in [0, 0.1) is 0 Å². The zero-order chi connectivity index (χ0) is 15.8. The predicted molar refractivity (Wildman–Crippen MR) is 88.8 cm³/mol. The minimum Gasteiger partial charge on any atom is -0.447 e. The summed E-state index contributed by atoms with van der Waals surface area (Å²) in [6, 6.07) is 6.42. The fourth-order valence-electron chi connectivity index (χ4n) is 3.20. The Morgan fingerprint density at radius 3 is 2.91 bits per heavy atom.